The highest BCUT2D eigenvalue weighted by Crippen LogP contribution is 2.43. The highest BCUT2D eigenvalue weighted by atomic mass is 16.5. The number of nitrogens with zero attached hydrogens (tertiary/aromatic N) is 2. The highest BCUT2D eigenvalue weighted by molar-refractivity contribution is 6.05. The van der Waals surface area contributed by atoms with E-state index in [4.69, 9.17) is 4.74 Å². The van der Waals surface area contributed by atoms with Crippen LogP contribution in [0.15, 0.2) is 0 Å². The summed E-state index contributed by atoms with van der Waals surface area (Å²) in [4.78, 5) is 29.4. The first kappa shape index (κ1) is 17.2. The molecule has 2 fully saturated rings. The Morgan fingerprint density at radius 1 is 1.32 bits per heavy atom. The summed E-state index contributed by atoms with van der Waals surface area (Å²) < 4.78 is 5.16. The van der Waals surface area contributed by atoms with Crippen LogP contribution in [0.5, 0.6) is 0 Å². The maximum absolute atomic E-state index is 12.9. The molecule has 0 radical (unpaired) electrons. The van der Waals surface area contributed by atoms with Crippen LogP contribution >= 0.6 is 0 Å². The molecule has 2 rings (SSSR count). The van der Waals surface area contributed by atoms with Gasteiger partial charge in [-0.1, -0.05) is 13.3 Å². The van der Waals surface area contributed by atoms with Crippen LogP contribution in [-0.2, 0) is 14.3 Å². The number of nitrogens with one attached hydrogen (secondary N) is 1. The number of carbonyl (C=O) groups excluding carboxylic acids is 2. The van der Waals surface area contributed by atoms with Crippen molar-refractivity contribution in [3.8, 4) is 0 Å². The van der Waals surface area contributed by atoms with Gasteiger partial charge in [-0.3, -0.25) is 14.5 Å². The molecule has 1 atom stereocenters. The third kappa shape index (κ3) is 3.13. The SMILES string of the molecule is CCC1CN(C(=O)C2(C(=O)NC)CCC2)CCN1CCOC. The zero-order chi connectivity index (χ0) is 16.2. The summed E-state index contributed by atoms with van der Waals surface area (Å²) >= 11 is 0. The van der Waals surface area contributed by atoms with Gasteiger partial charge in [-0.15, -0.1) is 0 Å². The molecule has 0 spiro atoms. The van der Waals surface area contributed by atoms with Crippen molar-refractivity contribution in [2.45, 2.75) is 38.6 Å². The van der Waals surface area contributed by atoms with Crippen LogP contribution in [0.25, 0.3) is 0 Å². The number of carbonyl (C=O) groups is 2. The van der Waals surface area contributed by atoms with Crippen molar-refractivity contribution in [2.75, 3.05) is 46.9 Å². The smallest absolute Gasteiger partial charge is 0.238 e. The lowest BCUT2D eigenvalue weighted by Gasteiger charge is -2.46. The molecule has 1 unspecified atom stereocenters. The number of piperazine rings is 1. The van der Waals surface area contributed by atoms with E-state index in [1.165, 1.54) is 0 Å². The summed E-state index contributed by atoms with van der Waals surface area (Å²) in [6.07, 6.45) is 3.34. The second kappa shape index (κ2) is 7.42. The third-order valence-corrected chi connectivity index (χ3v) is 5.22. The normalized spacial score (nSPS) is 24.7. The Bertz CT molecular complexity index is 409. The minimum absolute atomic E-state index is 0.0305. The van der Waals surface area contributed by atoms with Crippen LogP contribution in [-0.4, -0.2) is 74.6 Å². The van der Waals surface area contributed by atoms with Crippen LogP contribution < -0.4 is 5.32 Å². The monoisotopic (exact) mass is 311 g/mol. The van der Waals surface area contributed by atoms with E-state index in [-0.39, 0.29) is 11.8 Å². The number of ether oxygens (including phenoxy) is 1. The molecule has 0 aromatic heterocycles. The van der Waals surface area contributed by atoms with Crippen molar-refractivity contribution >= 4 is 11.8 Å². The van der Waals surface area contributed by atoms with Crippen molar-refractivity contribution in [1.29, 1.82) is 0 Å². The van der Waals surface area contributed by atoms with Gasteiger partial charge in [-0.25, -0.2) is 0 Å². The average Bonchev–Trinajstić information content (AvgIpc) is 2.51. The number of amides is 2. The van der Waals surface area contributed by atoms with Gasteiger partial charge in [0.2, 0.25) is 11.8 Å². The van der Waals surface area contributed by atoms with Gasteiger partial charge < -0.3 is 15.0 Å². The summed E-state index contributed by atoms with van der Waals surface area (Å²) in [6.45, 7) is 6.05. The topological polar surface area (TPSA) is 61.9 Å². The first-order valence-corrected chi connectivity index (χ1v) is 8.33. The molecule has 6 heteroatoms. The van der Waals surface area contributed by atoms with Crippen LogP contribution in [0.2, 0.25) is 0 Å². The van der Waals surface area contributed by atoms with Crippen molar-refractivity contribution in [2.24, 2.45) is 5.41 Å². The maximum atomic E-state index is 12.9. The first-order chi connectivity index (χ1) is 10.6. The fourth-order valence-electron chi connectivity index (χ4n) is 3.58. The molecule has 1 heterocycles. The lowest BCUT2D eigenvalue weighted by Crippen LogP contribution is -2.61. The van der Waals surface area contributed by atoms with E-state index in [1.54, 1.807) is 14.2 Å². The highest BCUT2D eigenvalue weighted by Gasteiger charge is 2.52. The molecule has 6 nitrogen and oxygen atoms in total. The Labute approximate surface area is 133 Å². The predicted octanol–water partition coefficient (Wildman–Crippen LogP) is 0.472. The Morgan fingerprint density at radius 3 is 2.55 bits per heavy atom. The summed E-state index contributed by atoms with van der Waals surface area (Å²) in [6, 6.07) is 0.356. The fourth-order valence-corrected chi connectivity index (χ4v) is 3.58. The molecule has 0 bridgehead atoms. The van der Waals surface area contributed by atoms with Gasteiger partial charge in [-0.05, 0) is 19.3 Å². The number of hydrogen-bond donors (Lipinski definition) is 1. The predicted molar refractivity (Wildman–Crippen MR) is 84.5 cm³/mol. The summed E-state index contributed by atoms with van der Waals surface area (Å²) in [7, 11) is 3.33. The van der Waals surface area contributed by atoms with Gasteiger partial charge in [-0.2, -0.15) is 0 Å². The van der Waals surface area contributed by atoms with E-state index in [0.717, 1.165) is 32.5 Å². The third-order valence-electron chi connectivity index (χ3n) is 5.22. The lowest BCUT2D eigenvalue weighted by molar-refractivity contribution is -0.159. The van der Waals surface area contributed by atoms with E-state index in [1.807, 2.05) is 4.90 Å². The molecule has 1 saturated heterocycles. The van der Waals surface area contributed by atoms with E-state index in [0.29, 0.717) is 32.0 Å². The standard InChI is InChI=1S/C16H29N3O3/c1-4-13-12-19(9-8-18(13)10-11-22-3)15(21)16(6-5-7-16)14(20)17-2/h13H,4-12H2,1-3H3,(H,17,20). The average molecular weight is 311 g/mol. The number of rotatable bonds is 6. The summed E-state index contributed by atoms with van der Waals surface area (Å²) in [5.74, 6) is -0.0819. The molecule has 1 saturated carbocycles. The molecule has 0 aromatic rings. The van der Waals surface area contributed by atoms with Crippen molar-refractivity contribution in [3.05, 3.63) is 0 Å². The molecular weight excluding hydrogens is 282 g/mol. The van der Waals surface area contributed by atoms with Gasteiger partial charge in [0.25, 0.3) is 0 Å². The molecule has 126 valence electrons. The summed E-state index contributed by atoms with van der Waals surface area (Å²) in [5.41, 5.74) is -0.790. The number of hydrogen-bond acceptors (Lipinski definition) is 4. The zero-order valence-corrected chi connectivity index (χ0v) is 14.1. The molecule has 1 aliphatic carbocycles. The van der Waals surface area contributed by atoms with E-state index >= 15 is 0 Å². The molecule has 0 aromatic carbocycles. The van der Waals surface area contributed by atoms with Gasteiger partial charge in [0, 0.05) is 46.4 Å². The van der Waals surface area contributed by atoms with Crippen LogP contribution in [0, 0.1) is 5.41 Å². The van der Waals surface area contributed by atoms with Crippen molar-refractivity contribution < 1.29 is 14.3 Å². The van der Waals surface area contributed by atoms with Gasteiger partial charge >= 0.3 is 0 Å². The quantitative estimate of drug-likeness (QED) is 0.725. The Morgan fingerprint density at radius 2 is 2.05 bits per heavy atom. The summed E-state index contributed by atoms with van der Waals surface area (Å²) in [5, 5.41) is 2.68. The second-order valence-corrected chi connectivity index (χ2v) is 6.36. The molecule has 2 amide bonds. The number of methoxy groups -OCH3 is 1. The Balaban J connectivity index is 2.01. The molecule has 22 heavy (non-hydrogen) atoms. The van der Waals surface area contributed by atoms with Crippen LogP contribution in [0.4, 0.5) is 0 Å². The van der Waals surface area contributed by atoms with Crippen LogP contribution in [0.1, 0.15) is 32.6 Å². The second-order valence-electron chi connectivity index (χ2n) is 6.36. The Hall–Kier alpha value is -1.14. The molecule has 1 aliphatic heterocycles. The zero-order valence-electron chi connectivity index (χ0n) is 14.1. The first-order valence-electron chi connectivity index (χ1n) is 8.33. The van der Waals surface area contributed by atoms with E-state index in [9.17, 15) is 9.59 Å². The van der Waals surface area contributed by atoms with Crippen LogP contribution in [0.3, 0.4) is 0 Å². The Kier molecular flexibility index (Phi) is 5.81. The van der Waals surface area contributed by atoms with E-state index < -0.39 is 5.41 Å². The van der Waals surface area contributed by atoms with Gasteiger partial charge in [0.15, 0.2) is 0 Å². The fraction of sp³-hybridized carbons (Fsp3) is 0.875. The molecule has 1 N–H and O–H groups in total. The van der Waals surface area contributed by atoms with E-state index in [2.05, 4.69) is 17.1 Å². The van der Waals surface area contributed by atoms with Gasteiger partial charge in [0.1, 0.15) is 5.41 Å². The molecule has 2 aliphatic rings. The maximum Gasteiger partial charge on any atom is 0.238 e. The minimum Gasteiger partial charge on any atom is -0.383 e. The van der Waals surface area contributed by atoms with Crippen molar-refractivity contribution in [3.63, 3.8) is 0 Å². The lowest BCUT2D eigenvalue weighted by atomic mass is 9.67. The molecular formula is C16H29N3O3. The largest absolute Gasteiger partial charge is 0.383 e. The van der Waals surface area contributed by atoms with Gasteiger partial charge in [0.05, 0.1) is 6.61 Å². The minimum atomic E-state index is -0.790. The van der Waals surface area contributed by atoms with Crippen molar-refractivity contribution in [1.82, 2.24) is 15.1 Å².